The Balaban J connectivity index is 1.93. The van der Waals surface area contributed by atoms with Crippen LogP contribution in [0.4, 0.5) is 0 Å². The van der Waals surface area contributed by atoms with Crippen LogP contribution in [0.5, 0.6) is 0 Å². The molecule has 27 heavy (non-hydrogen) atoms. The largest absolute Gasteiger partial charge is 0.368 e. The number of amides is 1. The minimum absolute atomic E-state index is 0.183. The number of nitrogens with zero attached hydrogens (tertiary/aromatic N) is 2. The van der Waals surface area contributed by atoms with Gasteiger partial charge in [-0.3, -0.25) is 14.2 Å². The number of aromatic nitrogens is 2. The van der Waals surface area contributed by atoms with Gasteiger partial charge in [0.2, 0.25) is 5.91 Å². The molecule has 1 atom stereocenters. The van der Waals surface area contributed by atoms with Crippen molar-refractivity contribution in [2.45, 2.75) is 52.0 Å². The van der Waals surface area contributed by atoms with E-state index in [0.717, 1.165) is 24.0 Å². The molecule has 1 unspecified atom stereocenters. The first kappa shape index (κ1) is 17.9. The quantitative estimate of drug-likeness (QED) is 0.748. The number of thiophene rings is 1. The third-order valence-electron chi connectivity index (χ3n) is 5.50. The molecule has 1 aliphatic carbocycles. The summed E-state index contributed by atoms with van der Waals surface area (Å²) in [5.74, 6) is 0.0198. The van der Waals surface area contributed by atoms with Crippen LogP contribution in [0.15, 0.2) is 28.4 Å². The van der Waals surface area contributed by atoms with Crippen molar-refractivity contribution >= 4 is 27.5 Å². The van der Waals surface area contributed by atoms with Crippen molar-refractivity contribution in [3.05, 3.63) is 50.9 Å². The molecule has 1 amide bonds. The molecule has 2 aromatic heterocycles. The van der Waals surface area contributed by atoms with Gasteiger partial charge in [0.1, 0.15) is 16.7 Å². The van der Waals surface area contributed by atoms with Crippen LogP contribution >= 0.6 is 11.3 Å². The summed E-state index contributed by atoms with van der Waals surface area (Å²) in [6.45, 7) is 3.61. The molecular weight excluding hydrogens is 358 g/mol. The standard InChI is InChI=1S/C21H23N3O2S/c1-3-17(19(22)25)24-12(2)23-20-18(21(24)26)16(11-27-20)15-9-8-13-6-4-5-7-14(13)10-15/h8-11,17H,3-7H2,1-2H3,(H2,22,25). The first-order chi connectivity index (χ1) is 13.0. The Bertz CT molecular complexity index is 1100. The number of aryl methyl sites for hydroxylation is 3. The monoisotopic (exact) mass is 381 g/mol. The highest BCUT2D eigenvalue weighted by Crippen LogP contribution is 2.34. The lowest BCUT2D eigenvalue weighted by atomic mass is 9.89. The summed E-state index contributed by atoms with van der Waals surface area (Å²) in [6, 6.07) is 5.82. The molecule has 0 saturated heterocycles. The average Bonchev–Trinajstić information content (AvgIpc) is 3.08. The summed E-state index contributed by atoms with van der Waals surface area (Å²) in [4.78, 5) is 30.5. The van der Waals surface area contributed by atoms with Gasteiger partial charge in [-0.15, -0.1) is 11.3 Å². The van der Waals surface area contributed by atoms with E-state index in [-0.39, 0.29) is 5.56 Å². The molecule has 2 N–H and O–H groups in total. The van der Waals surface area contributed by atoms with E-state index < -0.39 is 11.9 Å². The zero-order chi connectivity index (χ0) is 19.1. The van der Waals surface area contributed by atoms with Gasteiger partial charge in [-0.1, -0.05) is 25.1 Å². The van der Waals surface area contributed by atoms with E-state index in [1.807, 2.05) is 12.3 Å². The topological polar surface area (TPSA) is 78.0 Å². The number of primary amides is 1. The van der Waals surface area contributed by atoms with Crippen LogP contribution < -0.4 is 11.3 Å². The van der Waals surface area contributed by atoms with E-state index >= 15 is 0 Å². The molecule has 1 aliphatic rings. The molecule has 2 heterocycles. The van der Waals surface area contributed by atoms with Crippen molar-refractivity contribution in [1.82, 2.24) is 9.55 Å². The summed E-state index contributed by atoms with van der Waals surface area (Å²) < 4.78 is 1.46. The number of rotatable bonds is 4. The van der Waals surface area contributed by atoms with E-state index in [4.69, 9.17) is 5.73 Å². The fourth-order valence-electron chi connectivity index (χ4n) is 4.10. The van der Waals surface area contributed by atoms with Crippen molar-refractivity contribution in [1.29, 1.82) is 0 Å². The van der Waals surface area contributed by atoms with Crippen LogP contribution in [0.1, 0.15) is 49.2 Å². The van der Waals surface area contributed by atoms with Gasteiger partial charge in [-0.25, -0.2) is 4.98 Å². The van der Waals surface area contributed by atoms with Gasteiger partial charge in [-0.05, 0) is 55.7 Å². The van der Waals surface area contributed by atoms with E-state index in [1.165, 1.54) is 39.9 Å². The van der Waals surface area contributed by atoms with Gasteiger partial charge in [0.15, 0.2) is 0 Å². The average molecular weight is 382 g/mol. The second-order valence-electron chi connectivity index (χ2n) is 7.18. The molecule has 0 radical (unpaired) electrons. The fourth-order valence-corrected chi connectivity index (χ4v) is 5.08. The molecule has 0 aliphatic heterocycles. The molecule has 4 rings (SSSR count). The normalized spacial score (nSPS) is 14.9. The summed E-state index contributed by atoms with van der Waals surface area (Å²) >= 11 is 1.47. The van der Waals surface area contributed by atoms with Crippen LogP contribution in [0, 0.1) is 6.92 Å². The Kier molecular flexibility index (Phi) is 4.60. The predicted molar refractivity (Wildman–Crippen MR) is 109 cm³/mol. The van der Waals surface area contributed by atoms with Crippen molar-refractivity contribution in [2.75, 3.05) is 0 Å². The minimum Gasteiger partial charge on any atom is -0.368 e. The van der Waals surface area contributed by atoms with Crippen LogP contribution in [0.25, 0.3) is 21.3 Å². The zero-order valence-corrected chi connectivity index (χ0v) is 16.4. The summed E-state index contributed by atoms with van der Waals surface area (Å²) in [5, 5.41) is 2.58. The van der Waals surface area contributed by atoms with Crippen molar-refractivity contribution in [3.8, 4) is 11.1 Å². The van der Waals surface area contributed by atoms with Crippen LogP contribution in [0.2, 0.25) is 0 Å². The molecule has 1 aromatic carbocycles. The zero-order valence-electron chi connectivity index (χ0n) is 15.6. The molecule has 0 spiro atoms. The Hall–Kier alpha value is -2.47. The Morgan fingerprint density at radius 1 is 1.30 bits per heavy atom. The summed E-state index contributed by atoms with van der Waals surface area (Å²) in [5.41, 5.74) is 10.1. The highest BCUT2D eigenvalue weighted by molar-refractivity contribution is 7.17. The minimum atomic E-state index is -0.675. The molecule has 3 aromatic rings. The lowest BCUT2D eigenvalue weighted by Crippen LogP contribution is -2.35. The Morgan fingerprint density at radius 3 is 2.74 bits per heavy atom. The third-order valence-corrected chi connectivity index (χ3v) is 6.37. The van der Waals surface area contributed by atoms with Crippen molar-refractivity contribution in [3.63, 3.8) is 0 Å². The second-order valence-corrected chi connectivity index (χ2v) is 8.04. The number of hydrogen-bond acceptors (Lipinski definition) is 4. The molecular formula is C21H23N3O2S. The number of carbonyl (C=O) groups is 1. The van der Waals surface area contributed by atoms with Gasteiger partial charge >= 0.3 is 0 Å². The molecule has 0 saturated carbocycles. The first-order valence-corrected chi connectivity index (χ1v) is 10.3. The third kappa shape index (κ3) is 2.98. The Labute approximate surface area is 161 Å². The van der Waals surface area contributed by atoms with Crippen molar-refractivity contribution in [2.24, 2.45) is 5.73 Å². The SMILES string of the molecule is CCC(C(N)=O)n1c(C)nc2scc(-c3ccc4c(c3)CCCC4)c2c1=O. The number of nitrogens with two attached hydrogens (primary N) is 1. The van der Waals surface area contributed by atoms with E-state index in [9.17, 15) is 9.59 Å². The molecule has 0 fully saturated rings. The highest BCUT2D eigenvalue weighted by Gasteiger charge is 2.23. The Morgan fingerprint density at radius 2 is 2.04 bits per heavy atom. The lowest BCUT2D eigenvalue weighted by molar-refractivity contribution is -0.121. The van der Waals surface area contributed by atoms with Gasteiger partial charge in [-0.2, -0.15) is 0 Å². The maximum Gasteiger partial charge on any atom is 0.263 e. The smallest absolute Gasteiger partial charge is 0.263 e. The van der Waals surface area contributed by atoms with Gasteiger partial charge in [0, 0.05) is 10.9 Å². The fraction of sp³-hybridized carbons (Fsp3) is 0.381. The van der Waals surface area contributed by atoms with Gasteiger partial charge in [0.25, 0.3) is 5.56 Å². The van der Waals surface area contributed by atoms with E-state index in [1.54, 1.807) is 6.92 Å². The number of carbonyl (C=O) groups excluding carboxylic acids is 1. The predicted octanol–water partition coefficient (Wildman–Crippen LogP) is 3.75. The number of fused-ring (bicyclic) bond motifs is 2. The van der Waals surface area contributed by atoms with Gasteiger partial charge in [0.05, 0.1) is 5.39 Å². The summed E-state index contributed by atoms with van der Waals surface area (Å²) in [6.07, 6.45) is 5.14. The van der Waals surface area contributed by atoms with Crippen molar-refractivity contribution < 1.29 is 4.79 Å². The molecule has 140 valence electrons. The maximum atomic E-state index is 13.3. The molecule has 6 heteroatoms. The number of hydrogen-bond donors (Lipinski definition) is 1. The highest BCUT2D eigenvalue weighted by atomic mass is 32.1. The molecule has 5 nitrogen and oxygen atoms in total. The van der Waals surface area contributed by atoms with Crippen LogP contribution in [0.3, 0.4) is 0 Å². The maximum absolute atomic E-state index is 13.3. The van der Waals surface area contributed by atoms with E-state index in [2.05, 4.69) is 23.2 Å². The lowest BCUT2D eigenvalue weighted by Gasteiger charge is -2.18. The second kappa shape index (κ2) is 6.93. The van der Waals surface area contributed by atoms with E-state index in [0.29, 0.717) is 22.5 Å². The van der Waals surface area contributed by atoms with Gasteiger partial charge < -0.3 is 5.73 Å². The summed E-state index contributed by atoms with van der Waals surface area (Å²) in [7, 11) is 0. The molecule has 0 bridgehead atoms. The number of benzene rings is 1. The van der Waals surface area contributed by atoms with Crippen LogP contribution in [-0.4, -0.2) is 15.5 Å². The van der Waals surface area contributed by atoms with Crippen LogP contribution in [-0.2, 0) is 17.6 Å². The first-order valence-electron chi connectivity index (χ1n) is 9.43.